The van der Waals surface area contributed by atoms with E-state index in [1.165, 1.54) is 6.07 Å². The van der Waals surface area contributed by atoms with Gasteiger partial charge in [-0.15, -0.1) is 0 Å². The number of nitrogens with two attached hydrogens (primary N) is 2. The van der Waals surface area contributed by atoms with Crippen LogP contribution in [0.2, 0.25) is 0 Å². The molecule has 9 nitrogen and oxygen atoms in total. The molecule has 0 spiro atoms. The van der Waals surface area contributed by atoms with Crippen molar-refractivity contribution in [2.75, 3.05) is 41.8 Å². The van der Waals surface area contributed by atoms with Gasteiger partial charge >= 0.3 is 0 Å². The highest BCUT2D eigenvalue weighted by Gasteiger charge is 2.25. The molecule has 1 aliphatic heterocycles. The summed E-state index contributed by atoms with van der Waals surface area (Å²) in [5.41, 5.74) is 11.4. The molecule has 2 aliphatic rings. The van der Waals surface area contributed by atoms with Crippen molar-refractivity contribution in [3.8, 4) is 0 Å². The smallest absolute Gasteiger partial charge is 0.252 e. The number of carbonyl (C=O) groups excluding carboxylic acids is 1. The van der Waals surface area contributed by atoms with Crippen molar-refractivity contribution in [3.63, 3.8) is 0 Å². The van der Waals surface area contributed by atoms with Crippen LogP contribution in [0.4, 0.5) is 31.9 Å². The van der Waals surface area contributed by atoms with Crippen LogP contribution < -0.4 is 27.0 Å². The monoisotopic (exact) mass is 447 g/mol. The van der Waals surface area contributed by atoms with E-state index >= 15 is 0 Å². The van der Waals surface area contributed by atoms with E-state index in [1.54, 1.807) is 0 Å². The quantitative estimate of drug-likeness (QED) is 0.530. The number of nitrogens with zero attached hydrogens (tertiary/aromatic N) is 3. The number of aromatic nitrogens is 2. The molecule has 6 N–H and O–H groups in total. The Balaban J connectivity index is 1.64. The third-order valence-electron chi connectivity index (χ3n) is 5.81. The molecule has 3 heterocycles. The van der Waals surface area contributed by atoms with Crippen LogP contribution in [0, 0.1) is 11.6 Å². The van der Waals surface area contributed by atoms with E-state index in [-0.39, 0.29) is 35.0 Å². The summed E-state index contributed by atoms with van der Waals surface area (Å²) in [5.74, 6) is -1.83. The first-order valence-corrected chi connectivity index (χ1v) is 10.7. The van der Waals surface area contributed by atoms with E-state index in [1.807, 2.05) is 4.90 Å². The molecule has 172 valence electrons. The van der Waals surface area contributed by atoms with Crippen LogP contribution in [-0.2, 0) is 4.74 Å². The predicted molar refractivity (Wildman–Crippen MR) is 117 cm³/mol. The highest BCUT2D eigenvalue weighted by Crippen LogP contribution is 2.29. The van der Waals surface area contributed by atoms with Crippen LogP contribution in [0.3, 0.4) is 0 Å². The number of halogens is 2. The lowest BCUT2D eigenvalue weighted by atomic mass is 9.91. The van der Waals surface area contributed by atoms with Crippen LogP contribution in [0.15, 0.2) is 18.3 Å². The zero-order valence-corrected chi connectivity index (χ0v) is 17.6. The third kappa shape index (κ3) is 4.89. The van der Waals surface area contributed by atoms with Gasteiger partial charge < -0.3 is 31.7 Å². The summed E-state index contributed by atoms with van der Waals surface area (Å²) in [7, 11) is 0. The lowest BCUT2D eigenvalue weighted by molar-refractivity contribution is 0.100. The Morgan fingerprint density at radius 1 is 1.12 bits per heavy atom. The van der Waals surface area contributed by atoms with Gasteiger partial charge in [0.15, 0.2) is 17.5 Å². The van der Waals surface area contributed by atoms with E-state index in [4.69, 9.17) is 16.2 Å². The van der Waals surface area contributed by atoms with Crippen LogP contribution in [-0.4, -0.2) is 54.3 Å². The van der Waals surface area contributed by atoms with E-state index < -0.39 is 17.5 Å². The Labute approximate surface area is 184 Å². The van der Waals surface area contributed by atoms with Crippen molar-refractivity contribution in [1.29, 1.82) is 0 Å². The normalized spacial score (nSPS) is 21.3. The lowest BCUT2D eigenvalue weighted by Gasteiger charge is -2.30. The van der Waals surface area contributed by atoms with Gasteiger partial charge in [-0.1, -0.05) is 12.8 Å². The number of hydrogen-bond acceptors (Lipinski definition) is 8. The van der Waals surface area contributed by atoms with Gasteiger partial charge in [0.25, 0.3) is 5.91 Å². The molecule has 0 aromatic carbocycles. The summed E-state index contributed by atoms with van der Waals surface area (Å²) in [6.45, 7) is 2.33. The molecule has 0 unspecified atom stereocenters. The molecule has 1 saturated heterocycles. The van der Waals surface area contributed by atoms with Gasteiger partial charge in [0.1, 0.15) is 11.6 Å². The number of amides is 1. The SMILES string of the molecule is NC(=O)c1cc(F)c(N[C@@H]2CCCC[C@@H]2N)nc1Nc1cc(N2CCOCC2)ncc1F. The fourth-order valence-electron chi connectivity index (χ4n) is 4.00. The van der Waals surface area contributed by atoms with Crippen molar-refractivity contribution >= 4 is 29.0 Å². The Bertz CT molecular complexity index is 985. The van der Waals surface area contributed by atoms with Crippen molar-refractivity contribution in [2.24, 2.45) is 11.5 Å². The predicted octanol–water partition coefficient (Wildman–Crippen LogP) is 2.12. The fourth-order valence-corrected chi connectivity index (χ4v) is 4.00. The average molecular weight is 447 g/mol. The zero-order valence-electron chi connectivity index (χ0n) is 17.6. The minimum atomic E-state index is -0.886. The first-order chi connectivity index (χ1) is 15.4. The standard InChI is InChI=1S/C21H27F2N7O2/c22-13-9-12(19(25)31)20(29-21(13)27-16-4-2-1-3-15(16)24)28-17-10-18(26-11-14(17)23)30-5-7-32-8-6-30/h9-11,15-16H,1-8,24H2,(H2,25,31)(H2,26,27,28,29)/t15-,16+/m0/s1. The minimum absolute atomic E-state index is 0.0448. The molecule has 2 atom stereocenters. The maximum absolute atomic E-state index is 14.7. The first kappa shape index (κ1) is 22.2. The average Bonchev–Trinajstić information content (AvgIpc) is 2.79. The molecule has 2 fully saturated rings. The van der Waals surface area contributed by atoms with Gasteiger partial charge in [-0.25, -0.2) is 18.7 Å². The van der Waals surface area contributed by atoms with E-state index in [2.05, 4.69) is 20.6 Å². The minimum Gasteiger partial charge on any atom is -0.378 e. The van der Waals surface area contributed by atoms with Gasteiger partial charge in [-0.2, -0.15) is 0 Å². The molecule has 32 heavy (non-hydrogen) atoms. The van der Waals surface area contributed by atoms with Crippen LogP contribution in [0.1, 0.15) is 36.0 Å². The number of carbonyl (C=O) groups is 1. The highest BCUT2D eigenvalue weighted by atomic mass is 19.1. The summed E-state index contributed by atoms with van der Waals surface area (Å²) in [6.07, 6.45) is 4.70. The van der Waals surface area contributed by atoms with E-state index in [9.17, 15) is 13.6 Å². The summed E-state index contributed by atoms with van der Waals surface area (Å²) < 4.78 is 34.6. The van der Waals surface area contributed by atoms with E-state index in [0.717, 1.165) is 37.9 Å². The van der Waals surface area contributed by atoms with E-state index in [0.29, 0.717) is 32.1 Å². The maximum Gasteiger partial charge on any atom is 0.252 e. The Hall–Kier alpha value is -3.05. The zero-order chi connectivity index (χ0) is 22.7. The first-order valence-electron chi connectivity index (χ1n) is 10.7. The topological polar surface area (TPSA) is 131 Å². The van der Waals surface area contributed by atoms with Crippen LogP contribution in [0.5, 0.6) is 0 Å². The van der Waals surface area contributed by atoms with Crippen molar-refractivity contribution < 1.29 is 18.3 Å². The van der Waals surface area contributed by atoms with Crippen molar-refractivity contribution in [3.05, 3.63) is 35.5 Å². The summed E-state index contributed by atoms with van der Waals surface area (Å²) in [5, 5.41) is 5.83. The largest absolute Gasteiger partial charge is 0.378 e. The highest BCUT2D eigenvalue weighted by molar-refractivity contribution is 5.98. The number of morpholine rings is 1. The maximum atomic E-state index is 14.7. The molecule has 1 amide bonds. The molecule has 1 aliphatic carbocycles. The Morgan fingerprint density at radius 3 is 2.59 bits per heavy atom. The molecule has 2 aromatic rings. The van der Waals surface area contributed by atoms with Crippen molar-refractivity contribution in [2.45, 2.75) is 37.8 Å². The second-order valence-corrected chi connectivity index (χ2v) is 8.03. The molecular formula is C21H27F2N7O2. The van der Waals surface area contributed by atoms with Gasteiger partial charge in [-0.05, 0) is 18.9 Å². The summed E-state index contributed by atoms with van der Waals surface area (Å²) in [4.78, 5) is 22.2. The van der Waals surface area contributed by atoms with Gasteiger partial charge in [0.2, 0.25) is 0 Å². The second-order valence-electron chi connectivity index (χ2n) is 8.03. The summed E-state index contributed by atoms with van der Waals surface area (Å²) >= 11 is 0. The molecule has 2 aromatic heterocycles. The Morgan fingerprint density at radius 2 is 1.88 bits per heavy atom. The number of anilines is 4. The molecule has 11 heteroatoms. The number of hydrogen-bond donors (Lipinski definition) is 4. The fraction of sp³-hybridized carbons (Fsp3) is 0.476. The number of primary amides is 1. The Kier molecular flexibility index (Phi) is 6.66. The van der Waals surface area contributed by atoms with Gasteiger partial charge in [0, 0.05) is 31.2 Å². The summed E-state index contributed by atoms with van der Waals surface area (Å²) in [6, 6.07) is 2.23. The molecular weight excluding hydrogens is 420 g/mol. The third-order valence-corrected chi connectivity index (χ3v) is 5.81. The number of ether oxygens (including phenoxy) is 1. The second kappa shape index (κ2) is 9.61. The van der Waals surface area contributed by atoms with Crippen LogP contribution in [0.25, 0.3) is 0 Å². The number of rotatable bonds is 6. The molecule has 1 saturated carbocycles. The molecule has 4 rings (SSSR count). The number of nitrogens with one attached hydrogen (secondary N) is 2. The van der Waals surface area contributed by atoms with Crippen LogP contribution >= 0.6 is 0 Å². The van der Waals surface area contributed by atoms with Gasteiger partial charge in [-0.3, -0.25) is 4.79 Å². The number of pyridine rings is 2. The molecule has 0 radical (unpaired) electrons. The van der Waals surface area contributed by atoms with Crippen molar-refractivity contribution in [1.82, 2.24) is 9.97 Å². The molecule has 0 bridgehead atoms. The van der Waals surface area contributed by atoms with Gasteiger partial charge in [0.05, 0.1) is 30.7 Å². The lowest BCUT2D eigenvalue weighted by Crippen LogP contribution is -2.43.